The SMILES string of the molecule is FC(F)(F)c1ccn2cc(C3CC3)nc2c1Cl. The number of alkyl halides is 3. The summed E-state index contributed by atoms with van der Waals surface area (Å²) in [6.07, 6.45) is 0.758. The molecule has 3 rings (SSSR count). The molecule has 2 nitrogen and oxygen atoms in total. The van der Waals surface area contributed by atoms with E-state index in [2.05, 4.69) is 4.98 Å². The molecule has 0 unspecified atom stereocenters. The summed E-state index contributed by atoms with van der Waals surface area (Å²) >= 11 is 5.76. The Morgan fingerprint density at radius 1 is 1.35 bits per heavy atom. The summed E-state index contributed by atoms with van der Waals surface area (Å²) < 4.78 is 39.4. The number of halogens is 4. The summed E-state index contributed by atoms with van der Waals surface area (Å²) in [5.74, 6) is 0.389. The van der Waals surface area contributed by atoms with Crippen molar-refractivity contribution in [3.63, 3.8) is 0 Å². The van der Waals surface area contributed by atoms with Crippen molar-refractivity contribution < 1.29 is 13.2 Å². The van der Waals surface area contributed by atoms with E-state index in [1.165, 1.54) is 6.20 Å². The Bertz CT molecular complexity index is 584. The number of pyridine rings is 1. The van der Waals surface area contributed by atoms with Crippen molar-refractivity contribution in [2.24, 2.45) is 0 Å². The molecule has 6 heteroatoms. The molecular weight excluding hydrogens is 253 g/mol. The molecule has 1 saturated carbocycles. The van der Waals surface area contributed by atoms with Crippen molar-refractivity contribution in [3.05, 3.63) is 34.7 Å². The van der Waals surface area contributed by atoms with Crippen LogP contribution in [0.3, 0.4) is 0 Å². The number of hydrogen-bond acceptors (Lipinski definition) is 1. The lowest BCUT2D eigenvalue weighted by atomic mass is 10.2. The molecule has 0 atom stereocenters. The van der Waals surface area contributed by atoms with Crippen LogP contribution in [-0.4, -0.2) is 9.38 Å². The fraction of sp³-hybridized carbons (Fsp3) is 0.364. The van der Waals surface area contributed by atoms with E-state index in [1.807, 2.05) is 0 Å². The maximum absolute atomic E-state index is 12.6. The zero-order chi connectivity index (χ0) is 12.2. The smallest absolute Gasteiger partial charge is 0.306 e. The van der Waals surface area contributed by atoms with Crippen LogP contribution in [0, 0.1) is 0 Å². The predicted octanol–water partition coefficient (Wildman–Crippen LogP) is 3.88. The number of rotatable bonds is 1. The highest BCUT2D eigenvalue weighted by molar-refractivity contribution is 6.34. The Labute approximate surface area is 100 Å². The van der Waals surface area contributed by atoms with E-state index in [0.717, 1.165) is 24.6 Å². The summed E-state index contributed by atoms with van der Waals surface area (Å²) in [6, 6.07) is 0.980. The number of fused-ring (bicyclic) bond motifs is 1. The van der Waals surface area contributed by atoms with Crippen LogP contribution in [0.15, 0.2) is 18.5 Å². The lowest BCUT2D eigenvalue weighted by molar-refractivity contribution is -0.137. The topological polar surface area (TPSA) is 17.3 Å². The zero-order valence-electron chi connectivity index (χ0n) is 8.63. The number of imidazole rings is 1. The zero-order valence-corrected chi connectivity index (χ0v) is 9.39. The van der Waals surface area contributed by atoms with Crippen molar-refractivity contribution >= 4 is 17.2 Å². The van der Waals surface area contributed by atoms with E-state index in [4.69, 9.17) is 11.6 Å². The second kappa shape index (κ2) is 3.38. The molecule has 2 heterocycles. The molecule has 17 heavy (non-hydrogen) atoms. The fourth-order valence-electron chi connectivity index (χ4n) is 1.83. The third kappa shape index (κ3) is 1.78. The first-order chi connectivity index (χ1) is 7.97. The summed E-state index contributed by atoms with van der Waals surface area (Å²) in [5, 5.41) is -0.327. The second-order valence-corrected chi connectivity index (χ2v) is 4.59. The van der Waals surface area contributed by atoms with Gasteiger partial charge in [-0.2, -0.15) is 13.2 Å². The van der Waals surface area contributed by atoms with E-state index in [9.17, 15) is 13.2 Å². The Kier molecular flexibility index (Phi) is 2.17. The molecule has 0 aromatic carbocycles. The monoisotopic (exact) mass is 260 g/mol. The van der Waals surface area contributed by atoms with Crippen LogP contribution in [0.1, 0.15) is 30.0 Å². The lowest BCUT2D eigenvalue weighted by Gasteiger charge is -2.08. The van der Waals surface area contributed by atoms with Crippen LogP contribution in [0.25, 0.3) is 5.65 Å². The summed E-state index contributed by atoms with van der Waals surface area (Å²) in [7, 11) is 0. The molecule has 1 aliphatic rings. The minimum Gasteiger partial charge on any atom is -0.306 e. The molecule has 0 radical (unpaired) electrons. The van der Waals surface area contributed by atoms with Gasteiger partial charge in [-0.3, -0.25) is 0 Å². The van der Waals surface area contributed by atoms with Crippen LogP contribution in [-0.2, 0) is 6.18 Å². The lowest BCUT2D eigenvalue weighted by Crippen LogP contribution is -2.06. The molecule has 0 N–H and O–H groups in total. The highest BCUT2D eigenvalue weighted by Gasteiger charge is 2.35. The first-order valence-electron chi connectivity index (χ1n) is 5.21. The Morgan fingerprint density at radius 3 is 2.65 bits per heavy atom. The van der Waals surface area contributed by atoms with Crippen molar-refractivity contribution in [1.82, 2.24) is 9.38 Å². The number of hydrogen-bond donors (Lipinski definition) is 0. The largest absolute Gasteiger partial charge is 0.418 e. The molecule has 90 valence electrons. The minimum absolute atomic E-state index is 0.184. The van der Waals surface area contributed by atoms with Gasteiger partial charge in [0.25, 0.3) is 0 Å². The van der Waals surface area contributed by atoms with Crippen molar-refractivity contribution in [3.8, 4) is 0 Å². The predicted molar refractivity (Wildman–Crippen MR) is 57.2 cm³/mol. The highest BCUT2D eigenvalue weighted by atomic mass is 35.5. The van der Waals surface area contributed by atoms with Gasteiger partial charge >= 0.3 is 6.18 Å². The fourth-order valence-corrected chi connectivity index (χ4v) is 2.14. The van der Waals surface area contributed by atoms with Crippen LogP contribution >= 0.6 is 11.6 Å². The molecule has 0 amide bonds. The molecule has 0 spiro atoms. The molecule has 2 aromatic heterocycles. The van der Waals surface area contributed by atoms with Crippen molar-refractivity contribution in [2.45, 2.75) is 24.9 Å². The van der Waals surface area contributed by atoms with Gasteiger partial charge < -0.3 is 4.40 Å². The van der Waals surface area contributed by atoms with Crippen LogP contribution in [0.4, 0.5) is 13.2 Å². The van der Waals surface area contributed by atoms with Gasteiger partial charge in [0.05, 0.1) is 16.3 Å². The first kappa shape index (κ1) is 10.9. The minimum atomic E-state index is -4.44. The van der Waals surface area contributed by atoms with Gasteiger partial charge in [-0.25, -0.2) is 4.98 Å². The third-order valence-electron chi connectivity index (χ3n) is 2.89. The third-order valence-corrected chi connectivity index (χ3v) is 3.26. The molecule has 2 aromatic rings. The Balaban J connectivity index is 2.19. The van der Waals surface area contributed by atoms with Gasteiger partial charge in [-0.1, -0.05) is 11.6 Å². The maximum atomic E-state index is 12.6. The Hall–Kier alpha value is -1.23. The summed E-state index contributed by atoms with van der Waals surface area (Å²) in [5.41, 5.74) is 0.175. The standard InChI is InChI=1S/C11H8ClF3N2/c12-9-7(11(13,14)15)3-4-17-5-8(6-1-2-6)16-10(9)17/h3-6H,1-2H2. The van der Waals surface area contributed by atoms with Crippen molar-refractivity contribution in [1.29, 1.82) is 0 Å². The maximum Gasteiger partial charge on any atom is 0.418 e. The average molecular weight is 261 g/mol. The van der Waals surface area contributed by atoms with E-state index >= 15 is 0 Å². The van der Waals surface area contributed by atoms with Crippen LogP contribution in [0.2, 0.25) is 5.02 Å². The number of aromatic nitrogens is 2. The molecular formula is C11H8ClF3N2. The molecule has 1 aliphatic carbocycles. The van der Waals surface area contributed by atoms with E-state index < -0.39 is 11.7 Å². The van der Waals surface area contributed by atoms with Gasteiger partial charge in [-0.15, -0.1) is 0 Å². The normalized spacial score (nSPS) is 16.7. The first-order valence-corrected chi connectivity index (χ1v) is 5.59. The van der Waals surface area contributed by atoms with Gasteiger partial charge in [0.15, 0.2) is 5.65 Å². The molecule has 0 saturated heterocycles. The highest BCUT2D eigenvalue weighted by Crippen LogP contribution is 2.41. The second-order valence-electron chi connectivity index (χ2n) is 4.21. The molecule has 0 aliphatic heterocycles. The summed E-state index contributed by atoms with van der Waals surface area (Å²) in [4.78, 5) is 4.18. The average Bonchev–Trinajstić information content (AvgIpc) is 2.97. The van der Waals surface area contributed by atoms with Crippen LogP contribution in [0.5, 0.6) is 0 Å². The molecule has 1 fully saturated rings. The van der Waals surface area contributed by atoms with E-state index in [1.54, 1.807) is 10.6 Å². The van der Waals surface area contributed by atoms with E-state index in [0.29, 0.717) is 5.92 Å². The van der Waals surface area contributed by atoms with Gasteiger partial charge in [0.1, 0.15) is 0 Å². The number of nitrogens with zero attached hydrogens (tertiary/aromatic N) is 2. The van der Waals surface area contributed by atoms with Gasteiger partial charge in [-0.05, 0) is 18.9 Å². The van der Waals surface area contributed by atoms with Crippen molar-refractivity contribution in [2.75, 3.05) is 0 Å². The Morgan fingerprint density at radius 2 is 2.06 bits per heavy atom. The van der Waals surface area contributed by atoms with Gasteiger partial charge in [0, 0.05) is 18.3 Å². The molecule has 0 bridgehead atoms. The quantitative estimate of drug-likeness (QED) is 0.760. The van der Waals surface area contributed by atoms with Gasteiger partial charge in [0.2, 0.25) is 0 Å². The summed E-state index contributed by atoms with van der Waals surface area (Å²) in [6.45, 7) is 0. The van der Waals surface area contributed by atoms with Crippen LogP contribution < -0.4 is 0 Å². The van der Waals surface area contributed by atoms with E-state index in [-0.39, 0.29) is 10.7 Å².